The number of amides is 1. The van der Waals surface area contributed by atoms with E-state index in [1.807, 2.05) is 0 Å². The van der Waals surface area contributed by atoms with E-state index in [0.29, 0.717) is 5.56 Å². The molecule has 0 spiro atoms. The van der Waals surface area contributed by atoms with Crippen LogP contribution in [0.5, 0.6) is 5.75 Å². The molecule has 2 aromatic carbocycles. The van der Waals surface area contributed by atoms with Gasteiger partial charge in [0.15, 0.2) is 0 Å². The van der Waals surface area contributed by atoms with Crippen molar-refractivity contribution in [1.29, 1.82) is 0 Å². The lowest BCUT2D eigenvalue weighted by molar-refractivity contribution is -0.384. The molecule has 32 heavy (non-hydrogen) atoms. The molecule has 9 nitrogen and oxygen atoms in total. The van der Waals surface area contributed by atoms with Gasteiger partial charge in [0.25, 0.3) is 5.69 Å². The van der Waals surface area contributed by atoms with E-state index in [9.17, 15) is 36.5 Å². The van der Waals surface area contributed by atoms with Crippen molar-refractivity contribution in [1.82, 2.24) is 0 Å². The molecule has 0 aliphatic carbocycles. The quantitative estimate of drug-likeness (QED) is 0.456. The van der Waals surface area contributed by atoms with Crippen molar-refractivity contribution in [2.75, 3.05) is 15.9 Å². The van der Waals surface area contributed by atoms with Crippen molar-refractivity contribution in [3.8, 4) is 5.75 Å². The van der Waals surface area contributed by atoms with Gasteiger partial charge in [-0.05, 0) is 43.2 Å². The van der Waals surface area contributed by atoms with E-state index in [4.69, 9.17) is 0 Å². The molecule has 0 fully saturated rings. The van der Waals surface area contributed by atoms with Gasteiger partial charge in [0, 0.05) is 17.8 Å². The van der Waals surface area contributed by atoms with Crippen molar-refractivity contribution in [3.63, 3.8) is 0 Å². The van der Waals surface area contributed by atoms with E-state index in [-0.39, 0.29) is 23.5 Å². The normalized spacial score (nSPS) is 12.7. The van der Waals surface area contributed by atoms with Crippen molar-refractivity contribution in [2.24, 2.45) is 0 Å². The van der Waals surface area contributed by atoms with Crippen molar-refractivity contribution < 1.29 is 36.0 Å². The first kappa shape index (κ1) is 24.9. The number of nitro benzene ring substituents is 1. The number of alkyl halides is 3. The molecule has 0 saturated heterocycles. The Hall–Kier alpha value is -3.35. The fourth-order valence-electron chi connectivity index (χ4n) is 2.95. The van der Waals surface area contributed by atoms with E-state index in [1.165, 1.54) is 12.1 Å². The van der Waals surface area contributed by atoms with Crippen LogP contribution >= 0.6 is 0 Å². The first-order chi connectivity index (χ1) is 14.7. The van der Waals surface area contributed by atoms with E-state index >= 15 is 0 Å². The molecule has 1 atom stereocenters. The van der Waals surface area contributed by atoms with Gasteiger partial charge in [0.1, 0.15) is 11.8 Å². The maximum atomic E-state index is 12.9. The summed E-state index contributed by atoms with van der Waals surface area (Å²) in [6, 6.07) is 6.67. The number of non-ortho nitro benzene ring substituents is 1. The van der Waals surface area contributed by atoms with E-state index in [0.717, 1.165) is 40.9 Å². The van der Waals surface area contributed by atoms with Crippen LogP contribution in [-0.4, -0.2) is 37.9 Å². The molecule has 1 N–H and O–H groups in total. The van der Waals surface area contributed by atoms with Gasteiger partial charge in [0.05, 0.1) is 16.9 Å². The number of anilines is 2. The Morgan fingerprint density at radius 2 is 1.81 bits per heavy atom. The van der Waals surface area contributed by atoms with Gasteiger partial charge in [-0.25, -0.2) is 8.42 Å². The molecule has 0 saturated carbocycles. The van der Waals surface area contributed by atoms with Crippen LogP contribution in [0.3, 0.4) is 0 Å². The van der Waals surface area contributed by atoms with E-state index in [2.05, 4.69) is 10.1 Å². The smallest absolute Gasteiger partial charge is 0.406 e. The van der Waals surface area contributed by atoms with Crippen molar-refractivity contribution in [3.05, 3.63) is 58.1 Å². The number of nitrogens with one attached hydrogen (secondary N) is 1. The maximum Gasteiger partial charge on any atom is 0.573 e. The minimum absolute atomic E-state index is 0.0102. The number of carbonyl (C=O) groups excluding carboxylic acids is 1. The van der Waals surface area contributed by atoms with Crippen LogP contribution in [0.25, 0.3) is 0 Å². The highest BCUT2D eigenvalue weighted by Crippen LogP contribution is 2.31. The summed E-state index contributed by atoms with van der Waals surface area (Å²) in [5.41, 5.74) is 0.112. The van der Waals surface area contributed by atoms with Crippen LogP contribution in [-0.2, 0) is 14.8 Å². The zero-order chi connectivity index (χ0) is 24.3. The van der Waals surface area contributed by atoms with E-state index < -0.39 is 39.0 Å². The van der Waals surface area contributed by atoms with Crippen molar-refractivity contribution in [2.45, 2.75) is 32.7 Å². The fraction of sp³-hybridized carbons (Fsp3) is 0.316. The van der Waals surface area contributed by atoms with Gasteiger partial charge in [0.2, 0.25) is 15.9 Å². The van der Waals surface area contributed by atoms with Gasteiger partial charge in [-0.1, -0.05) is 13.0 Å². The summed E-state index contributed by atoms with van der Waals surface area (Å²) >= 11 is 0. The second kappa shape index (κ2) is 9.42. The highest BCUT2D eigenvalue weighted by molar-refractivity contribution is 7.92. The number of carbonyl (C=O) groups is 1. The predicted octanol–water partition coefficient (Wildman–Crippen LogP) is 3.99. The van der Waals surface area contributed by atoms with Crippen LogP contribution in [0.2, 0.25) is 0 Å². The highest BCUT2D eigenvalue weighted by atomic mass is 32.2. The average Bonchev–Trinajstić information content (AvgIpc) is 2.66. The third-order valence-corrected chi connectivity index (χ3v) is 5.49. The van der Waals surface area contributed by atoms with Crippen LogP contribution in [0.15, 0.2) is 42.5 Å². The summed E-state index contributed by atoms with van der Waals surface area (Å²) in [7, 11) is -4.05. The molecule has 1 unspecified atom stereocenters. The van der Waals surface area contributed by atoms with Crippen LogP contribution < -0.4 is 14.4 Å². The number of sulfonamides is 1. The summed E-state index contributed by atoms with van der Waals surface area (Å²) in [5.74, 6) is -1.26. The molecular weight excluding hydrogens is 455 g/mol. The fourth-order valence-corrected chi connectivity index (χ4v) is 4.21. The van der Waals surface area contributed by atoms with Gasteiger partial charge < -0.3 is 10.1 Å². The minimum Gasteiger partial charge on any atom is -0.406 e. The number of aryl methyl sites for hydroxylation is 1. The lowest BCUT2D eigenvalue weighted by Crippen LogP contribution is -2.47. The Labute approximate surface area is 182 Å². The molecule has 2 rings (SSSR count). The van der Waals surface area contributed by atoms with E-state index in [1.54, 1.807) is 13.8 Å². The zero-order valence-electron chi connectivity index (χ0n) is 17.2. The SMILES string of the molecule is CCC(C(=O)Nc1ccc(OC(F)(F)F)cc1)N(c1cc([N+](=O)[O-])ccc1C)S(C)(=O)=O. The number of halogens is 3. The number of hydrogen-bond donors (Lipinski definition) is 1. The van der Waals surface area contributed by atoms with Crippen LogP contribution in [0.4, 0.5) is 30.2 Å². The monoisotopic (exact) mass is 475 g/mol. The van der Waals surface area contributed by atoms with Crippen LogP contribution in [0.1, 0.15) is 18.9 Å². The van der Waals surface area contributed by atoms with Crippen molar-refractivity contribution >= 4 is 33.0 Å². The number of benzene rings is 2. The number of nitro groups is 1. The molecular formula is C19H20F3N3O6S. The molecule has 0 aliphatic rings. The summed E-state index contributed by atoms with van der Waals surface area (Å²) in [4.78, 5) is 23.3. The molecule has 13 heteroatoms. The number of rotatable bonds is 8. The standard InChI is InChI=1S/C19H20F3N3O6S/c1-4-16(18(26)23-13-6-9-15(10-7-13)31-19(20,21)22)24(32(3,29)30)17-11-14(25(27)28)8-5-12(17)2/h5-11,16H,4H2,1-3H3,(H,23,26). The number of hydrogen-bond acceptors (Lipinski definition) is 6. The predicted molar refractivity (Wildman–Crippen MR) is 111 cm³/mol. The molecule has 0 aliphatic heterocycles. The Morgan fingerprint density at radius 3 is 2.28 bits per heavy atom. The third kappa shape index (κ3) is 6.33. The first-order valence-electron chi connectivity index (χ1n) is 9.14. The van der Waals surface area contributed by atoms with Gasteiger partial charge >= 0.3 is 6.36 Å². The Balaban J connectivity index is 2.37. The zero-order valence-corrected chi connectivity index (χ0v) is 18.0. The highest BCUT2D eigenvalue weighted by Gasteiger charge is 2.34. The molecule has 1 amide bonds. The molecule has 174 valence electrons. The molecule has 0 radical (unpaired) electrons. The molecule has 0 heterocycles. The maximum absolute atomic E-state index is 12.9. The minimum atomic E-state index is -4.87. The lowest BCUT2D eigenvalue weighted by atomic mass is 10.1. The third-order valence-electron chi connectivity index (χ3n) is 4.33. The van der Waals surface area contributed by atoms with Gasteiger partial charge in [-0.2, -0.15) is 0 Å². The summed E-state index contributed by atoms with van der Waals surface area (Å²) in [6.45, 7) is 3.09. The average molecular weight is 475 g/mol. The molecule has 0 aromatic heterocycles. The Bertz CT molecular complexity index is 1100. The number of nitrogens with zero attached hydrogens (tertiary/aromatic N) is 2. The van der Waals surface area contributed by atoms with Crippen LogP contribution in [0, 0.1) is 17.0 Å². The second-order valence-electron chi connectivity index (χ2n) is 6.77. The van der Waals surface area contributed by atoms with Gasteiger partial charge in [-0.3, -0.25) is 19.2 Å². The van der Waals surface area contributed by atoms with Gasteiger partial charge in [-0.15, -0.1) is 13.2 Å². The summed E-state index contributed by atoms with van der Waals surface area (Å²) in [6.07, 6.45) is -4.00. The summed E-state index contributed by atoms with van der Waals surface area (Å²) < 4.78 is 66.5. The Kier molecular flexibility index (Phi) is 7.34. The second-order valence-corrected chi connectivity index (χ2v) is 8.63. The molecule has 0 bridgehead atoms. The molecule has 2 aromatic rings. The summed E-state index contributed by atoms with van der Waals surface area (Å²) in [5, 5.41) is 13.6. The Morgan fingerprint density at radius 1 is 1.22 bits per heavy atom. The topological polar surface area (TPSA) is 119 Å². The first-order valence-corrected chi connectivity index (χ1v) is 11.0. The lowest BCUT2D eigenvalue weighted by Gasteiger charge is -2.31. The largest absolute Gasteiger partial charge is 0.573 e. The number of ether oxygens (including phenoxy) is 1.